The van der Waals surface area contributed by atoms with Gasteiger partial charge in [-0.05, 0) is 22.6 Å². The van der Waals surface area contributed by atoms with Crippen LogP contribution in [0.25, 0.3) is 0 Å². The Morgan fingerprint density at radius 2 is 2.50 bits per heavy atom. The minimum Gasteiger partial charge on any atom is -0.329 e. The molecule has 0 bridgehead atoms. The molecule has 0 saturated heterocycles. The van der Waals surface area contributed by atoms with Gasteiger partial charge in [0.25, 0.3) is 0 Å². The van der Waals surface area contributed by atoms with Crippen LogP contribution in [0.5, 0.6) is 0 Å². The second-order valence-corrected chi connectivity index (χ2v) is 1.35. The zero-order valence-corrected chi connectivity index (χ0v) is 5.55. The predicted molar refractivity (Wildman–Crippen MR) is 36.4 cm³/mol. The number of nitrogens with zero attached hydrogens (tertiary/aromatic N) is 1. The van der Waals surface area contributed by atoms with E-state index in [1.165, 1.54) is 0 Å². The molecule has 3 heteroatoms. The van der Waals surface area contributed by atoms with Crippen LogP contribution in [-0.2, 0) is 0 Å². The lowest BCUT2D eigenvalue weighted by molar-refractivity contribution is 0.983. The summed E-state index contributed by atoms with van der Waals surface area (Å²) in [6, 6.07) is 0. The Labute approximate surface area is 51.0 Å². The molecule has 0 heterocycles. The van der Waals surface area contributed by atoms with Crippen molar-refractivity contribution in [2.24, 2.45) is 10.7 Å². The normalized spacial score (nSPS) is 10.3. The van der Waals surface area contributed by atoms with Crippen molar-refractivity contribution in [2.75, 3.05) is 13.1 Å². The highest BCUT2D eigenvalue weighted by Gasteiger charge is 1.65. The SMILES string of the molecule is NCCN=CI. The quantitative estimate of drug-likeness (QED) is 0.506. The van der Waals surface area contributed by atoms with E-state index in [-0.39, 0.29) is 0 Å². The summed E-state index contributed by atoms with van der Waals surface area (Å²) in [5.74, 6) is 0. The maximum absolute atomic E-state index is 5.10. The lowest BCUT2D eigenvalue weighted by Crippen LogP contribution is -2.01. The van der Waals surface area contributed by atoms with Gasteiger partial charge in [0.05, 0.1) is 10.8 Å². The van der Waals surface area contributed by atoms with Gasteiger partial charge in [0.2, 0.25) is 0 Å². The molecule has 0 aromatic carbocycles. The molecule has 0 aliphatic heterocycles. The summed E-state index contributed by atoms with van der Waals surface area (Å²) in [4.78, 5) is 3.83. The maximum Gasteiger partial charge on any atom is 0.0596 e. The topological polar surface area (TPSA) is 38.4 Å². The number of rotatable bonds is 2. The highest BCUT2D eigenvalue weighted by molar-refractivity contribution is 14.1. The van der Waals surface area contributed by atoms with Crippen molar-refractivity contribution in [3.63, 3.8) is 0 Å². The Kier molecular flexibility index (Phi) is 5.68. The third-order valence-corrected chi connectivity index (χ3v) is 0.721. The number of halogens is 1. The number of hydrogen-bond donors (Lipinski definition) is 1. The standard InChI is InChI=1S/C3H7IN2/c4-3-6-2-1-5/h3H,1-2,5H2. The van der Waals surface area contributed by atoms with Crippen molar-refractivity contribution in [2.45, 2.75) is 0 Å². The average molecular weight is 198 g/mol. The van der Waals surface area contributed by atoms with Gasteiger partial charge in [-0.1, -0.05) is 0 Å². The molecule has 6 heavy (non-hydrogen) atoms. The van der Waals surface area contributed by atoms with Crippen LogP contribution in [0.4, 0.5) is 0 Å². The molecule has 0 rings (SSSR count). The van der Waals surface area contributed by atoms with E-state index in [0.717, 1.165) is 6.54 Å². The van der Waals surface area contributed by atoms with E-state index in [0.29, 0.717) is 6.54 Å². The van der Waals surface area contributed by atoms with Gasteiger partial charge < -0.3 is 5.73 Å². The van der Waals surface area contributed by atoms with E-state index < -0.39 is 0 Å². The minimum absolute atomic E-state index is 0.652. The van der Waals surface area contributed by atoms with Gasteiger partial charge in [-0.2, -0.15) is 0 Å². The Bertz CT molecular complexity index is 44.1. The van der Waals surface area contributed by atoms with E-state index in [2.05, 4.69) is 27.6 Å². The first-order chi connectivity index (χ1) is 2.91. The van der Waals surface area contributed by atoms with E-state index in [1.807, 2.05) is 0 Å². The van der Waals surface area contributed by atoms with Crippen LogP contribution >= 0.6 is 22.6 Å². The van der Waals surface area contributed by atoms with Crippen LogP contribution in [0.1, 0.15) is 0 Å². The van der Waals surface area contributed by atoms with Crippen molar-refractivity contribution in [1.82, 2.24) is 0 Å². The molecule has 36 valence electrons. The molecule has 0 amide bonds. The van der Waals surface area contributed by atoms with E-state index in [4.69, 9.17) is 5.73 Å². The predicted octanol–water partition coefficient (Wildman–Crippen LogP) is 0.408. The van der Waals surface area contributed by atoms with Crippen LogP contribution in [0.15, 0.2) is 4.99 Å². The van der Waals surface area contributed by atoms with Gasteiger partial charge in [0.15, 0.2) is 0 Å². The van der Waals surface area contributed by atoms with Crippen LogP contribution < -0.4 is 5.73 Å². The summed E-state index contributed by atoms with van der Waals surface area (Å²) in [5.41, 5.74) is 5.10. The molecule has 0 atom stereocenters. The van der Waals surface area contributed by atoms with Crippen molar-refractivity contribution in [1.29, 1.82) is 0 Å². The van der Waals surface area contributed by atoms with E-state index in [1.54, 1.807) is 4.22 Å². The summed E-state index contributed by atoms with van der Waals surface area (Å²) in [6.07, 6.45) is 0. The fourth-order valence-electron chi connectivity index (χ4n) is 0.123. The van der Waals surface area contributed by atoms with Gasteiger partial charge in [-0.25, -0.2) is 0 Å². The smallest absolute Gasteiger partial charge is 0.0596 e. The zero-order chi connectivity index (χ0) is 4.83. The summed E-state index contributed by atoms with van der Waals surface area (Å²) in [7, 11) is 0. The Morgan fingerprint density at radius 3 is 2.67 bits per heavy atom. The van der Waals surface area contributed by atoms with Crippen LogP contribution in [0.3, 0.4) is 0 Å². The number of nitrogens with two attached hydrogens (primary N) is 1. The zero-order valence-electron chi connectivity index (χ0n) is 3.39. The van der Waals surface area contributed by atoms with Gasteiger partial charge >= 0.3 is 0 Å². The fourth-order valence-corrected chi connectivity index (χ4v) is 0.402. The maximum atomic E-state index is 5.10. The van der Waals surface area contributed by atoms with Crippen LogP contribution in [0, 0.1) is 0 Å². The molecular weight excluding hydrogens is 191 g/mol. The second-order valence-electron chi connectivity index (χ2n) is 0.792. The van der Waals surface area contributed by atoms with Crippen LogP contribution in [0.2, 0.25) is 0 Å². The lowest BCUT2D eigenvalue weighted by atomic mass is 10.7. The molecule has 0 aromatic heterocycles. The molecule has 2 N–H and O–H groups in total. The molecule has 0 aliphatic rings. The fraction of sp³-hybridized carbons (Fsp3) is 0.667. The highest BCUT2D eigenvalue weighted by Crippen LogP contribution is 1.69. The molecule has 0 fully saturated rings. The van der Waals surface area contributed by atoms with Gasteiger partial charge in [-0.15, -0.1) is 0 Å². The largest absolute Gasteiger partial charge is 0.329 e. The minimum atomic E-state index is 0.652. The molecular formula is C3H7IN2. The number of aliphatic imine (C=N–C) groups is 1. The van der Waals surface area contributed by atoms with Crippen molar-refractivity contribution in [3.8, 4) is 0 Å². The molecule has 2 nitrogen and oxygen atoms in total. The Morgan fingerprint density at radius 1 is 1.83 bits per heavy atom. The number of hydrogen-bond acceptors (Lipinski definition) is 2. The second kappa shape index (κ2) is 5.36. The third kappa shape index (κ3) is 4.36. The molecule has 0 saturated carbocycles. The highest BCUT2D eigenvalue weighted by atomic mass is 127. The molecule has 0 spiro atoms. The van der Waals surface area contributed by atoms with Gasteiger partial charge in [-0.3, -0.25) is 4.99 Å². The van der Waals surface area contributed by atoms with Crippen molar-refractivity contribution in [3.05, 3.63) is 0 Å². The molecule has 0 aromatic rings. The van der Waals surface area contributed by atoms with E-state index >= 15 is 0 Å². The molecule has 0 unspecified atom stereocenters. The van der Waals surface area contributed by atoms with Gasteiger partial charge in [0.1, 0.15) is 0 Å². The summed E-state index contributed by atoms with van der Waals surface area (Å²) in [6.45, 7) is 1.41. The monoisotopic (exact) mass is 198 g/mol. The van der Waals surface area contributed by atoms with Crippen LogP contribution in [-0.4, -0.2) is 17.3 Å². The summed E-state index contributed by atoms with van der Waals surface area (Å²) >= 11 is 2.06. The Hall–Kier alpha value is 0.360. The van der Waals surface area contributed by atoms with E-state index in [9.17, 15) is 0 Å². The van der Waals surface area contributed by atoms with Crippen molar-refractivity contribution >= 4 is 26.8 Å². The third-order valence-electron chi connectivity index (χ3n) is 0.327. The molecule has 0 radical (unpaired) electrons. The molecule has 0 aliphatic carbocycles. The van der Waals surface area contributed by atoms with Crippen molar-refractivity contribution < 1.29 is 0 Å². The van der Waals surface area contributed by atoms with Gasteiger partial charge in [0, 0.05) is 6.54 Å². The first-order valence-electron chi connectivity index (χ1n) is 1.70. The first-order valence-corrected chi connectivity index (χ1v) is 2.95. The lowest BCUT2D eigenvalue weighted by Gasteiger charge is -1.77. The average Bonchev–Trinajstić information content (AvgIpc) is 1.61. The summed E-state index contributed by atoms with van der Waals surface area (Å²) in [5, 5.41) is 0. The summed E-state index contributed by atoms with van der Waals surface area (Å²) < 4.78 is 1.73. The Balaban J connectivity index is 2.66. The first kappa shape index (κ1) is 6.36.